The third-order valence-corrected chi connectivity index (χ3v) is 4.61. The van der Waals surface area contributed by atoms with Gasteiger partial charge in [-0.25, -0.2) is 4.68 Å². The molecule has 0 radical (unpaired) electrons. The molecule has 26 heavy (non-hydrogen) atoms. The molecule has 1 aromatic carbocycles. The van der Waals surface area contributed by atoms with E-state index < -0.39 is 0 Å². The van der Waals surface area contributed by atoms with Gasteiger partial charge in [0.05, 0.1) is 12.6 Å². The predicted molar refractivity (Wildman–Crippen MR) is 106 cm³/mol. The summed E-state index contributed by atoms with van der Waals surface area (Å²) in [4.78, 5) is 9.11. The molecule has 1 atom stereocenters. The number of aryl methyl sites for hydroxylation is 1. The number of aliphatic hydroxyl groups excluding tert-OH is 1. The van der Waals surface area contributed by atoms with Crippen molar-refractivity contribution in [2.75, 3.05) is 17.2 Å². The van der Waals surface area contributed by atoms with E-state index in [4.69, 9.17) is 0 Å². The van der Waals surface area contributed by atoms with Gasteiger partial charge >= 0.3 is 0 Å². The van der Waals surface area contributed by atoms with E-state index >= 15 is 0 Å². The summed E-state index contributed by atoms with van der Waals surface area (Å²) in [5.41, 5.74) is 2.13. The van der Waals surface area contributed by atoms with E-state index in [1.807, 2.05) is 45.0 Å². The summed E-state index contributed by atoms with van der Waals surface area (Å²) >= 11 is 3.43. The normalized spacial score (nSPS) is 12.5. The van der Waals surface area contributed by atoms with Crippen molar-refractivity contribution in [1.82, 2.24) is 25.0 Å². The monoisotopic (exact) mass is 419 g/mol. The highest BCUT2D eigenvalue weighted by Gasteiger charge is 2.18. The number of aliphatic hydroxyl groups is 1. The molecule has 8 nitrogen and oxygen atoms in total. The Hall–Kier alpha value is -2.26. The van der Waals surface area contributed by atoms with E-state index in [0.717, 1.165) is 10.2 Å². The van der Waals surface area contributed by atoms with Crippen LogP contribution in [0.4, 0.5) is 17.5 Å². The largest absolute Gasteiger partial charge is 0.394 e. The summed E-state index contributed by atoms with van der Waals surface area (Å²) in [6, 6.07) is 7.64. The first-order valence-corrected chi connectivity index (χ1v) is 9.32. The predicted octanol–water partition coefficient (Wildman–Crippen LogP) is 3.18. The lowest BCUT2D eigenvalue weighted by Crippen LogP contribution is -2.30. The second-order valence-corrected chi connectivity index (χ2v) is 7.20. The zero-order valence-corrected chi connectivity index (χ0v) is 16.5. The van der Waals surface area contributed by atoms with Gasteiger partial charge in [0.1, 0.15) is 0 Å². The van der Waals surface area contributed by atoms with Crippen LogP contribution in [0.1, 0.15) is 20.8 Å². The first kappa shape index (κ1) is 18.5. The maximum absolute atomic E-state index is 9.59. The summed E-state index contributed by atoms with van der Waals surface area (Å²) in [5, 5.41) is 24.4. The molecule has 0 saturated carbocycles. The van der Waals surface area contributed by atoms with Crippen molar-refractivity contribution in [3.8, 4) is 0 Å². The van der Waals surface area contributed by atoms with Gasteiger partial charge in [-0.15, -0.1) is 5.10 Å². The Morgan fingerprint density at radius 1 is 1.19 bits per heavy atom. The van der Waals surface area contributed by atoms with Gasteiger partial charge in [0.25, 0.3) is 0 Å². The summed E-state index contributed by atoms with van der Waals surface area (Å²) in [6.07, 6.45) is 0. The Morgan fingerprint density at radius 3 is 2.54 bits per heavy atom. The van der Waals surface area contributed by atoms with Crippen LogP contribution in [-0.4, -0.2) is 42.7 Å². The topological polar surface area (TPSA) is 101 Å². The smallest absolute Gasteiger partial charge is 0.227 e. The van der Waals surface area contributed by atoms with Crippen LogP contribution in [0.3, 0.4) is 0 Å². The second kappa shape index (κ2) is 7.96. The van der Waals surface area contributed by atoms with Gasteiger partial charge in [0.15, 0.2) is 17.0 Å². The number of nitrogens with zero attached hydrogens (tertiary/aromatic N) is 5. The van der Waals surface area contributed by atoms with Gasteiger partial charge < -0.3 is 15.7 Å². The van der Waals surface area contributed by atoms with Crippen molar-refractivity contribution in [3.63, 3.8) is 0 Å². The zero-order chi connectivity index (χ0) is 18.7. The molecular formula is C17H22BrN7O. The quantitative estimate of drug-likeness (QED) is 0.540. The molecule has 3 rings (SSSR count). The zero-order valence-electron chi connectivity index (χ0n) is 14.9. The Labute approximate surface area is 160 Å². The van der Waals surface area contributed by atoms with Crippen molar-refractivity contribution < 1.29 is 5.11 Å². The Morgan fingerprint density at radius 2 is 1.92 bits per heavy atom. The molecule has 0 bridgehead atoms. The lowest BCUT2D eigenvalue weighted by atomic mass is 10.1. The highest BCUT2D eigenvalue weighted by Crippen LogP contribution is 2.25. The Balaban J connectivity index is 2.02. The number of benzene rings is 1. The van der Waals surface area contributed by atoms with Crippen molar-refractivity contribution in [2.45, 2.75) is 33.4 Å². The van der Waals surface area contributed by atoms with Crippen molar-refractivity contribution in [1.29, 1.82) is 0 Å². The summed E-state index contributed by atoms with van der Waals surface area (Å²) in [7, 11) is 0. The molecule has 0 amide bonds. The van der Waals surface area contributed by atoms with Crippen molar-refractivity contribution in [3.05, 3.63) is 28.7 Å². The lowest BCUT2D eigenvalue weighted by Gasteiger charge is -2.20. The molecule has 9 heteroatoms. The van der Waals surface area contributed by atoms with E-state index in [9.17, 15) is 5.11 Å². The fraction of sp³-hybridized carbons (Fsp3) is 0.412. The molecule has 0 saturated heterocycles. The molecule has 0 aliphatic carbocycles. The molecule has 0 aliphatic rings. The molecule has 0 fully saturated rings. The summed E-state index contributed by atoms with van der Waals surface area (Å²) < 4.78 is 2.72. The minimum absolute atomic E-state index is 0.000171. The van der Waals surface area contributed by atoms with E-state index in [2.05, 4.69) is 46.8 Å². The minimum Gasteiger partial charge on any atom is -0.394 e. The average molecular weight is 420 g/mol. The first-order chi connectivity index (χ1) is 12.5. The van der Waals surface area contributed by atoms with Gasteiger partial charge in [0.2, 0.25) is 5.95 Å². The maximum Gasteiger partial charge on any atom is 0.227 e. The number of aromatic nitrogens is 5. The SMILES string of the molecule is CCn1nnc2c(Nc3ccc(Br)cc3)nc(N[C@@H](CO)C(C)C)nc21. The van der Waals surface area contributed by atoms with Gasteiger partial charge in [0, 0.05) is 16.7 Å². The second-order valence-electron chi connectivity index (χ2n) is 6.28. The van der Waals surface area contributed by atoms with Crippen LogP contribution in [0.25, 0.3) is 11.2 Å². The molecule has 0 aliphatic heterocycles. The highest BCUT2D eigenvalue weighted by molar-refractivity contribution is 9.10. The number of fused-ring (bicyclic) bond motifs is 1. The fourth-order valence-electron chi connectivity index (χ4n) is 2.48. The van der Waals surface area contributed by atoms with Crippen LogP contribution in [0.2, 0.25) is 0 Å². The summed E-state index contributed by atoms with van der Waals surface area (Å²) in [6.45, 7) is 6.70. The van der Waals surface area contributed by atoms with Crippen LogP contribution in [0, 0.1) is 5.92 Å². The molecule has 0 spiro atoms. The van der Waals surface area contributed by atoms with Crippen LogP contribution in [0.5, 0.6) is 0 Å². The number of halogens is 1. The van der Waals surface area contributed by atoms with Crippen molar-refractivity contribution >= 4 is 44.5 Å². The third kappa shape index (κ3) is 3.94. The van der Waals surface area contributed by atoms with Gasteiger partial charge in [-0.2, -0.15) is 9.97 Å². The molecular weight excluding hydrogens is 398 g/mol. The number of rotatable bonds is 7. The Kier molecular flexibility index (Phi) is 5.67. The molecule has 3 N–H and O–H groups in total. The maximum atomic E-state index is 9.59. The standard InChI is InChI=1S/C17H22BrN7O/c1-4-25-16-14(23-24-25)15(19-12-7-5-11(18)6-8-12)21-17(22-16)20-13(9-26)10(2)3/h5-8,10,13,26H,4,9H2,1-3H3,(H2,19,20,21,22)/t13-/m0/s1. The van der Waals surface area contributed by atoms with Gasteiger partial charge in [-0.1, -0.05) is 35.0 Å². The highest BCUT2D eigenvalue weighted by atomic mass is 79.9. The number of hydrogen-bond acceptors (Lipinski definition) is 7. The molecule has 0 unspecified atom stereocenters. The number of hydrogen-bond donors (Lipinski definition) is 3. The van der Waals surface area contributed by atoms with Crippen LogP contribution >= 0.6 is 15.9 Å². The summed E-state index contributed by atoms with van der Waals surface area (Å²) in [5.74, 6) is 1.23. The van der Waals surface area contributed by atoms with Crippen molar-refractivity contribution in [2.24, 2.45) is 5.92 Å². The van der Waals surface area contributed by atoms with E-state index in [-0.39, 0.29) is 18.6 Å². The molecule has 3 aromatic rings. The average Bonchev–Trinajstić information content (AvgIpc) is 3.04. The van der Waals surface area contributed by atoms with E-state index in [1.54, 1.807) is 4.68 Å². The van der Waals surface area contributed by atoms with E-state index in [1.165, 1.54) is 0 Å². The van der Waals surface area contributed by atoms with Gasteiger partial charge in [-0.05, 0) is 37.1 Å². The molecule has 2 aromatic heterocycles. The van der Waals surface area contributed by atoms with Gasteiger partial charge in [-0.3, -0.25) is 0 Å². The lowest BCUT2D eigenvalue weighted by molar-refractivity contribution is 0.248. The van der Waals surface area contributed by atoms with Crippen LogP contribution in [0.15, 0.2) is 28.7 Å². The molecule has 138 valence electrons. The third-order valence-electron chi connectivity index (χ3n) is 4.09. The minimum atomic E-state index is -0.140. The fourth-order valence-corrected chi connectivity index (χ4v) is 2.74. The number of nitrogens with one attached hydrogen (secondary N) is 2. The van der Waals surface area contributed by atoms with Crippen LogP contribution < -0.4 is 10.6 Å². The first-order valence-electron chi connectivity index (χ1n) is 8.53. The molecule has 2 heterocycles. The Bertz CT molecular complexity index is 879. The van der Waals surface area contributed by atoms with E-state index in [0.29, 0.717) is 29.5 Å². The van der Waals surface area contributed by atoms with Crippen LogP contribution in [-0.2, 0) is 6.54 Å². The number of anilines is 3.